The molecular formula is C18H25N3O2S. The fraction of sp³-hybridized carbons (Fsp3) is 0.556. The van der Waals surface area contributed by atoms with Crippen LogP contribution in [0.4, 0.5) is 5.69 Å². The molecule has 6 heteroatoms. The van der Waals surface area contributed by atoms with Gasteiger partial charge in [0, 0.05) is 47.8 Å². The molecule has 130 valence electrons. The van der Waals surface area contributed by atoms with E-state index in [9.17, 15) is 9.59 Å². The average Bonchev–Trinajstić information content (AvgIpc) is 3.09. The summed E-state index contributed by atoms with van der Waals surface area (Å²) in [6.45, 7) is 0.966. The van der Waals surface area contributed by atoms with Gasteiger partial charge in [-0.2, -0.15) is 11.8 Å². The summed E-state index contributed by atoms with van der Waals surface area (Å²) in [6, 6.07) is 7.70. The van der Waals surface area contributed by atoms with Crippen molar-refractivity contribution >= 4 is 29.3 Å². The van der Waals surface area contributed by atoms with Crippen molar-refractivity contribution < 1.29 is 9.59 Å². The molecule has 1 atom stereocenters. The fourth-order valence-electron chi connectivity index (χ4n) is 3.23. The lowest BCUT2D eigenvalue weighted by Gasteiger charge is -2.22. The number of rotatable bonds is 5. The zero-order chi connectivity index (χ0) is 16.8. The first-order chi connectivity index (χ1) is 11.7. The first kappa shape index (κ1) is 17.3. The Balaban J connectivity index is 1.48. The van der Waals surface area contributed by atoms with Crippen LogP contribution in [-0.2, 0) is 4.79 Å². The van der Waals surface area contributed by atoms with Gasteiger partial charge in [0.1, 0.15) is 0 Å². The van der Waals surface area contributed by atoms with Crippen molar-refractivity contribution in [2.75, 3.05) is 23.4 Å². The molecule has 1 heterocycles. The zero-order valence-corrected chi connectivity index (χ0v) is 14.7. The van der Waals surface area contributed by atoms with Crippen LogP contribution in [-0.4, -0.2) is 41.9 Å². The average molecular weight is 347 g/mol. The molecule has 1 saturated heterocycles. The van der Waals surface area contributed by atoms with Crippen molar-refractivity contribution in [3.05, 3.63) is 29.8 Å². The van der Waals surface area contributed by atoms with Gasteiger partial charge in [-0.3, -0.25) is 9.59 Å². The summed E-state index contributed by atoms with van der Waals surface area (Å²) in [6.07, 6.45) is 5.03. The predicted molar refractivity (Wildman–Crippen MR) is 98.5 cm³/mol. The Labute approximate surface area is 147 Å². The van der Waals surface area contributed by atoms with Crippen molar-refractivity contribution in [2.45, 2.75) is 44.2 Å². The lowest BCUT2D eigenvalue weighted by atomic mass is 10.1. The van der Waals surface area contributed by atoms with E-state index in [-0.39, 0.29) is 17.9 Å². The molecular weight excluding hydrogens is 322 g/mol. The van der Waals surface area contributed by atoms with Crippen LogP contribution in [0.3, 0.4) is 0 Å². The van der Waals surface area contributed by atoms with E-state index >= 15 is 0 Å². The molecule has 24 heavy (non-hydrogen) atoms. The van der Waals surface area contributed by atoms with Crippen LogP contribution in [0.15, 0.2) is 24.3 Å². The largest absolute Gasteiger partial charge is 0.349 e. The summed E-state index contributed by atoms with van der Waals surface area (Å²) >= 11 is 1.88. The highest BCUT2D eigenvalue weighted by Gasteiger charge is 2.18. The maximum atomic E-state index is 12.2. The van der Waals surface area contributed by atoms with Crippen LogP contribution in [0.1, 0.15) is 42.5 Å². The Morgan fingerprint density at radius 1 is 1.17 bits per heavy atom. The smallest absolute Gasteiger partial charge is 0.251 e. The molecule has 2 aliphatic rings. The van der Waals surface area contributed by atoms with Crippen LogP contribution in [0, 0.1) is 0 Å². The third-order valence-electron chi connectivity index (χ3n) is 4.55. The molecule has 0 bridgehead atoms. The molecule has 0 aromatic heterocycles. The van der Waals surface area contributed by atoms with E-state index in [1.54, 1.807) is 24.3 Å². The lowest BCUT2D eigenvalue weighted by molar-refractivity contribution is -0.116. The normalized spacial score (nSPS) is 21.4. The number of hydrogen-bond donors (Lipinski definition) is 3. The molecule has 2 amide bonds. The Bertz CT molecular complexity index is 564. The Morgan fingerprint density at radius 3 is 2.58 bits per heavy atom. The van der Waals surface area contributed by atoms with E-state index in [1.807, 2.05) is 11.8 Å². The monoisotopic (exact) mass is 347 g/mol. The standard InChI is InChI=1S/C18H25N3O2S/c22-17(11-16-12-24-10-9-19-16)20-15-7-5-13(6-8-15)18(23)21-14-3-1-2-4-14/h5-8,14,16,19H,1-4,9-12H2,(H,20,22)(H,21,23). The number of nitrogens with one attached hydrogen (secondary N) is 3. The molecule has 1 unspecified atom stereocenters. The third kappa shape index (κ3) is 4.98. The first-order valence-corrected chi connectivity index (χ1v) is 9.88. The van der Waals surface area contributed by atoms with Crippen molar-refractivity contribution in [1.29, 1.82) is 0 Å². The number of carbonyl (C=O) groups excluding carboxylic acids is 2. The number of carbonyl (C=O) groups is 2. The summed E-state index contributed by atoms with van der Waals surface area (Å²) in [4.78, 5) is 24.3. The summed E-state index contributed by atoms with van der Waals surface area (Å²) < 4.78 is 0. The minimum absolute atomic E-state index is 0.0122. The molecule has 1 aromatic rings. The highest BCUT2D eigenvalue weighted by atomic mass is 32.2. The number of benzene rings is 1. The van der Waals surface area contributed by atoms with Crippen molar-refractivity contribution in [1.82, 2.24) is 10.6 Å². The van der Waals surface area contributed by atoms with Gasteiger partial charge in [0.2, 0.25) is 5.91 Å². The second-order valence-corrected chi connectivity index (χ2v) is 7.66. The molecule has 1 aliphatic heterocycles. The van der Waals surface area contributed by atoms with Crippen molar-refractivity contribution in [2.24, 2.45) is 0 Å². The minimum Gasteiger partial charge on any atom is -0.349 e. The van der Waals surface area contributed by atoms with E-state index in [0.29, 0.717) is 18.0 Å². The Morgan fingerprint density at radius 2 is 1.92 bits per heavy atom. The minimum atomic E-state index is -0.0248. The van der Waals surface area contributed by atoms with Crippen LogP contribution in [0.5, 0.6) is 0 Å². The van der Waals surface area contributed by atoms with Crippen LogP contribution >= 0.6 is 11.8 Å². The van der Waals surface area contributed by atoms with Gasteiger partial charge in [-0.05, 0) is 37.1 Å². The molecule has 1 aromatic carbocycles. The predicted octanol–water partition coefficient (Wildman–Crippen LogP) is 2.39. The SMILES string of the molecule is O=C(CC1CSCCN1)Nc1ccc(C(=O)NC2CCCC2)cc1. The number of thioether (sulfide) groups is 1. The van der Waals surface area contributed by atoms with Gasteiger partial charge in [-0.1, -0.05) is 12.8 Å². The van der Waals surface area contributed by atoms with Gasteiger partial charge in [0.05, 0.1) is 0 Å². The van der Waals surface area contributed by atoms with E-state index < -0.39 is 0 Å². The quantitative estimate of drug-likeness (QED) is 0.765. The topological polar surface area (TPSA) is 70.2 Å². The third-order valence-corrected chi connectivity index (χ3v) is 5.68. The molecule has 0 spiro atoms. The Kier molecular flexibility index (Phi) is 6.15. The van der Waals surface area contributed by atoms with E-state index in [4.69, 9.17) is 0 Å². The van der Waals surface area contributed by atoms with Gasteiger partial charge in [-0.25, -0.2) is 0 Å². The first-order valence-electron chi connectivity index (χ1n) is 8.72. The molecule has 1 aliphatic carbocycles. The number of hydrogen-bond acceptors (Lipinski definition) is 4. The summed E-state index contributed by atoms with van der Waals surface area (Å²) in [5.74, 6) is 2.08. The number of anilines is 1. The molecule has 3 N–H and O–H groups in total. The van der Waals surface area contributed by atoms with Crippen LogP contribution in [0.2, 0.25) is 0 Å². The summed E-state index contributed by atoms with van der Waals surface area (Å²) in [5.41, 5.74) is 1.38. The van der Waals surface area contributed by atoms with E-state index in [0.717, 1.165) is 36.6 Å². The Hall–Kier alpha value is -1.53. The van der Waals surface area contributed by atoms with Gasteiger partial charge >= 0.3 is 0 Å². The fourth-order valence-corrected chi connectivity index (χ4v) is 4.18. The summed E-state index contributed by atoms with van der Waals surface area (Å²) in [7, 11) is 0. The van der Waals surface area contributed by atoms with Gasteiger partial charge < -0.3 is 16.0 Å². The molecule has 3 rings (SSSR count). The lowest BCUT2D eigenvalue weighted by Crippen LogP contribution is -2.39. The maximum Gasteiger partial charge on any atom is 0.251 e. The molecule has 0 radical (unpaired) electrons. The highest BCUT2D eigenvalue weighted by molar-refractivity contribution is 7.99. The molecule has 2 fully saturated rings. The second kappa shape index (κ2) is 8.53. The molecule has 5 nitrogen and oxygen atoms in total. The zero-order valence-electron chi connectivity index (χ0n) is 13.8. The van der Waals surface area contributed by atoms with Crippen LogP contribution in [0.25, 0.3) is 0 Å². The van der Waals surface area contributed by atoms with E-state index in [2.05, 4.69) is 16.0 Å². The van der Waals surface area contributed by atoms with Gasteiger partial charge in [-0.15, -0.1) is 0 Å². The highest BCUT2D eigenvalue weighted by Crippen LogP contribution is 2.18. The van der Waals surface area contributed by atoms with Gasteiger partial charge in [0.15, 0.2) is 0 Å². The molecule has 1 saturated carbocycles. The van der Waals surface area contributed by atoms with Crippen molar-refractivity contribution in [3.8, 4) is 0 Å². The number of amides is 2. The van der Waals surface area contributed by atoms with Crippen molar-refractivity contribution in [3.63, 3.8) is 0 Å². The van der Waals surface area contributed by atoms with E-state index in [1.165, 1.54) is 12.8 Å². The van der Waals surface area contributed by atoms with Crippen LogP contribution < -0.4 is 16.0 Å². The summed E-state index contributed by atoms with van der Waals surface area (Å²) in [5, 5.41) is 9.34. The second-order valence-electron chi connectivity index (χ2n) is 6.51. The van der Waals surface area contributed by atoms with Gasteiger partial charge in [0.25, 0.3) is 5.91 Å². The maximum absolute atomic E-state index is 12.2.